The molecule has 122 valence electrons. The molecule has 4 heteroatoms. The Labute approximate surface area is 141 Å². The lowest BCUT2D eigenvalue weighted by Crippen LogP contribution is -2.31. The molecule has 1 saturated heterocycles. The van der Waals surface area contributed by atoms with E-state index in [2.05, 4.69) is 9.97 Å². The van der Waals surface area contributed by atoms with Gasteiger partial charge in [-0.2, -0.15) is 0 Å². The van der Waals surface area contributed by atoms with Crippen LogP contribution in [0.3, 0.4) is 0 Å². The summed E-state index contributed by atoms with van der Waals surface area (Å²) in [5, 5.41) is 0. The number of imidazole rings is 1. The zero-order valence-corrected chi connectivity index (χ0v) is 13.7. The minimum absolute atomic E-state index is 0.146. The van der Waals surface area contributed by atoms with Crippen LogP contribution < -0.4 is 0 Å². The molecule has 0 saturated carbocycles. The predicted octanol–water partition coefficient (Wildman–Crippen LogP) is 4.25. The lowest BCUT2D eigenvalue weighted by Gasteiger charge is -2.20. The molecule has 0 atom stereocenters. The molecule has 24 heavy (non-hydrogen) atoms. The molecule has 1 aliphatic rings. The highest BCUT2D eigenvalue weighted by Gasteiger charge is 2.17. The number of carbonyl (C=O) groups is 1. The van der Waals surface area contributed by atoms with Crippen LogP contribution in [0.1, 0.15) is 36.0 Å². The van der Waals surface area contributed by atoms with Crippen molar-refractivity contribution in [2.45, 2.75) is 25.7 Å². The normalized spacial score (nSPS) is 15.4. The van der Waals surface area contributed by atoms with E-state index in [1.807, 2.05) is 53.4 Å². The van der Waals surface area contributed by atoms with E-state index in [0.29, 0.717) is 0 Å². The first-order valence-electron chi connectivity index (χ1n) is 8.66. The molecule has 1 N–H and O–H groups in total. The van der Waals surface area contributed by atoms with Crippen molar-refractivity contribution >= 4 is 16.9 Å². The highest BCUT2D eigenvalue weighted by atomic mass is 16.2. The molecule has 1 aromatic heterocycles. The Bertz CT molecular complexity index is 810. The fraction of sp³-hybridized carbons (Fsp3) is 0.300. The van der Waals surface area contributed by atoms with E-state index in [-0.39, 0.29) is 5.91 Å². The molecule has 0 spiro atoms. The van der Waals surface area contributed by atoms with Gasteiger partial charge in [-0.3, -0.25) is 4.79 Å². The maximum Gasteiger partial charge on any atom is 0.253 e. The van der Waals surface area contributed by atoms with Gasteiger partial charge in [-0.25, -0.2) is 4.98 Å². The predicted molar refractivity (Wildman–Crippen MR) is 95.9 cm³/mol. The van der Waals surface area contributed by atoms with Gasteiger partial charge in [-0.15, -0.1) is 0 Å². The van der Waals surface area contributed by atoms with Crippen LogP contribution in [0.2, 0.25) is 0 Å². The summed E-state index contributed by atoms with van der Waals surface area (Å²) >= 11 is 0. The number of hydrogen-bond acceptors (Lipinski definition) is 2. The number of hydrogen-bond donors (Lipinski definition) is 1. The minimum atomic E-state index is 0.146. The number of H-pyrrole nitrogens is 1. The Kier molecular flexibility index (Phi) is 4.03. The highest BCUT2D eigenvalue weighted by Crippen LogP contribution is 2.21. The summed E-state index contributed by atoms with van der Waals surface area (Å²) in [4.78, 5) is 22.6. The first kappa shape index (κ1) is 14.9. The number of amides is 1. The number of fused-ring (bicyclic) bond motifs is 1. The summed E-state index contributed by atoms with van der Waals surface area (Å²) < 4.78 is 0. The Morgan fingerprint density at radius 2 is 1.62 bits per heavy atom. The monoisotopic (exact) mass is 319 g/mol. The van der Waals surface area contributed by atoms with Gasteiger partial charge in [0.2, 0.25) is 0 Å². The Morgan fingerprint density at radius 3 is 2.33 bits per heavy atom. The van der Waals surface area contributed by atoms with E-state index < -0.39 is 0 Å². The molecule has 4 rings (SSSR count). The third-order valence-corrected chi connectivity index (χ3v) is 4.69. The maximum atomic E-state index is 12.6. The van der Waals surface area contributed by atoms with Crippen molar-refractivity contribution in [3.8, 4) is 11.4 Å². The lowest BCUT2D eigenvalue weighted by molar-refractivity contribution is 0.0761. The Hall–Kier alpha value is -2.62. The van der Waals surface area contributed by atoms with Gasteiger partial charge in [-0.1, -0.05) is 37.1 Å². The second-order valence-electron chi connectivity index (χ2n) is 6.39. The average Bonchev–Trinajstić information content (AvgIpc) is 2.87. The lowest BCUT2D eigenvalue weighted by atomic mass is 10.1. The minimum Gasteiger partial charge on any atom is -0.339 e. The third kappa shape index (κ3) is 2.92. The second kappa shape index (κ2) is 6.48. The average molecular weight is 319 g/mol. The van der Waals surface area contributed by atoms with Crippen molar-refractivity contribution in [1.82, 2.24) is 14.9 Å². The van der Waals surface area contributed by atoms with Gasteiger partial charge in [0.1, 0.15) is 5.82 Å². The molecule has 1 fully saturated rings. The van der Waals surface area contributed by atoms with Crippen molar-refractivity contribution < 1.29 is 4.79 Å². The van der Waals surface area contributed by atoms with Crippen molar-refractivity contribution in [1.29, 1.82) is 0 Å². The van der Waals surface area contributed by atoms with Gasteiger partial charge in [0, 0.05) is 24.2 Å². The molecule has 2 aromatic carbocycles. The number of para-hydroxylation sites is 2. The van der Waals surface area contributed by atoms with Crippen LogP contribution in [-0.2, 0) is 0 Å². The van der Waals surface area contributed by atoms with Crippen molar-refractivity contribution in [2.24, 2.45) is 0 Å². The molecule has 3 aromatic rings. The standard InChI is InChI=1S/C20H21N3O/c24-20(23-13-5-1-2-6-14-23)16-11-9-15(10-12-16)19-21-17-7-3-4-8-18(17)22-19/h3-4,7-12H,1-2,5-6,13-14H2,(H,21,22). The Morgan fingerprint density at radius 1 is 0.917 bits per heavy atom. The molecule has 0 radical (unpaired) electrons. The SMILES string of the molecule is O=C(c1ccc(-c2nc3ccccc3[nH]2)cc1)N1CCCCCC1. The van der Waals surface area contributed by atoms with Crippen LogP contribution in [0.25, 0.3) is 22.4 Å². The number of rotatable bonds is 2. The number of nitrogens with zero attached hydrogens (tertiary/aromatic N) is 2. The quantitative estimate of drug-likeness (QED) is 0.768. The number of carbonyl (C=O) groups excluding carboxylic acids is 1. The first-order valence-corrected chi connectivity index (χ1v) is 8.66. The number of nitrogens with one attached hydrogen (secondary N) is 1. The third-order valence-electron chi connectivity index (χ3n) is 4.69. The van der Waals surface area contributed by atoms with E-state index in [4.69, 9.17) is 0 Å². The number of aromatic amines is 1. The maximum absolute atomic E-state index is 12.6. The van der Waals surface area contributed by atoms with Gasteiger partial charge in [-0.05, 0) is 37.1 Å². The number of benzene rings is 2. The molecular weight excluding hydrogens is 298 g/mol. The second-order valence-corrected chi connectivity index (χ2v) is 6.39. The van der Waals surface area contributed by atoms with Gasteiger partial charge in [0.05, 0.1) is 11.0 Å². The smallest absolute Gasteiger partial charge is 0.253 e. The summed E-state index contributed by atoms with van der Waals surface area (Å²) in [6.45, 7) is 1.76. The summed E-state index contributed by atoms with van der Waals surface area (Å²) in [7, 11) is 0. The summed E-state index contributed by atoms with van der Waals surface area (Å²) in [5.74, 6) is 0.984. The van der Waals surface area contributed by atoms with Gasteiger partial charge >= 0.3 is 0 Å². The zero-order chi connectivity index (χ0) is 16.4. The molecule has 1 amide bonds. The molecule has 0 unspecified atom stereocenters. The van der Waals surface area contributed by atoms with Gasteiger partial charge < -0.3 is 9.88 Å². The van der Waals surface area contributed by atoms with Crippen molar-refractivity contribution in [3.63, 3.8) is 0 Å². The van der Waals surface area contributed by atoms with E-state index >= 15 is 0 Å². The van der Waals surface area contributed by atoms with Crippen LogP contribution >= 0.6 is 0 Å². The van der Waals surface area contributed by atoms with E-state index in [9.17, 15) is 4.79 Å². The Balaban J connectivity index is 1.56. The zero-order valence-electron chi connectivity index (χ0n) is 13.7. The molecule has 0 bridgehead atoms. The van der Waals surface area contributed by atoms with E-state index in [1.165, 1.54) is 12.8 Å². The molecule has 1 aliphatic heterocycles. The largest absolute Gasteiger partial charge is 0.339 e. The van der Waals surface area contributed by atoms with Crippen LogP contribution in [0.5, 0.6) is 0 Å². The summed E-state index contributed by atoms with van der Waals surface area (Å²) in [5.41, 5.74) is 3.74. The first-order chi connectivity index (χ1) is 11.8. The van der Waals surface area contributed by atoms with Gasteiger partial charge in [0.25, 0.3) is 5.91 Å². The fourth-order valence-electron chi connectivity index (χ4n) is 3.32. The molecule has 2 heterocycles. The molecular formula is C20H21N3O. The van der Waals surface area contributed by atoms with Crippen LogP contribution in [0.15, 0.2) is 48.5 Å². The van der Waals surface area contributed by atoms with Gasteiger partial charge in [0.15, 0.2) is 0 Å². The number of likely N-dealkylation sites (tertiary alicyclic amines) is 1. The summed E-state index contributed by atoms with van der Waals surface area (Å²) in [6, 6.07) is 15.8. The van der Waals surface area contributed by atoms with Crippen LogP contribution in [-0.4, -0.2) is 33.9 Å². The fourth-order valence-corrected chi connectivity index (χ4v) is 3.32. The van der Waals surface area contributed by atoms with E-state index in [1.54, 1.807) is 0 Å². The highest BCUT2D eigenvalue weighted by molar-refractivity contribution is 5.94. The molecule has 0 aliphatic carbocycles. The van der Waals surface area contributed by atoms with Crippen LogP contribution in [0, 0.1) is 0 Å². The number of aromatic nitrogens is 2. The van der Waals surface area contributed by atoms with Crippen LogP contribution in [0.4, 0.5) is 0 Å². The topological polar surface area (TPSA) is 49.0 Å². The van der Waals surface area contributed by atoms with Crippen molar-refractivity contribution in [3.05, 3.63) is 54.1 Å². The van der Waals surface area contributed by atoms with Crippen molar-refractivity contribution in [2.75, 3.05) is 13.1 Å². The van der Waals surface area contributed by atoms with E-state index in [0.717, 1.165) is 53.9 Å². The molecule has 4 nitrogen and oxygen atoms in total. The summed E-state index contributed by atoms with van der Waals surface area (Å²) in [6.07, 6.45) is 4.69.